The third-order valence-electron chi connectivity index (χ3n) is 2.57. The van der Waals surface area contributed by atoms with E-state index in [1.807, 2.05) is 27.2 Å². The predicted molar refractivity (Wildman–Crippen MR) is 64.0 cm³/mol. The Kier molecular flexibility index (Phi) is 2.71. The van der Waals surface area contributed by atoms with Crippen LogP contribution >= 0.6 is 0 Å². The van der Waals surface area contributed by atoms with E-state index < -0.39 is 0 Å². The second-order valence-electron chi connectivity index (χ2n) is 4.14. The molecular formula is C12H18N2O. The van der Waals surface area contributed by atoms with E-state index in [0.29, 0.717) is 6.10 Å². The van der Waals surface area contributed by atoms with Crippen LogP contribution in [0.25, 0.3) is 0 Å². The minimum absolute atomic E-state index is 0.447. The van der Waals surface area contributed by atoms with Gasteiger partial charge in [-0.3, -0.25) is 0 Å². The van der Waals surface area contributed by atoms with Crippen molar-refractivity contribution in [2.24, 2.45) is 0 Å². The van der Waals surface area contributed by atoms with Gasteiger partial charge >= 0.3 is 0 Å². The maximum Gasteiger partial charge on any atom is 0.142 e. The number of hydrogen-bond donors (Lipinski definition) is 1. The summed E-state index contributed by atoms with van der Waals surface area (Å²) >= 11 is 0. The lowest BCUT2D eigenvalue weighted by atomic mass is 10.2. The van der Waals surface area contributed by atoms with Crippen molar-refractivity contribution in [2.75, 3.05) is 31.4 Å². The SMILES string of the molecule is CNc1cc(N(C)C)ccc1OC1CC1. The fraction of sp³-hybridized carbons (Fsp3) is 0.500. The molecule has 15 heavy (non-hydrogen) atoms. The summed E-state index contributed by atoms with van der Waals surface area (Å²) in [6.07, 6.45) is 2.83. The molecule has 0 radical (unpaired) electrons. The molecular weight excluding hydrogens is 188 g/mol. The molecule has 0 unspecified atom stereocenters. The fourth-order valence-electron chi connectivity index (χ4n) is 1.46. The van der Waals surface area contributed by atoms with Crippen molar-refractivity contribution in [1.29, 1.82) is 0 Å². The molecule has 0 atom stereocenters. The van der Waals surface area contributed by atoms with Crippen molar-refractivity contribution in [3.05, 3.63) is 18.2 Å². The standard InChI is InChI=1S/C12H18N2O/c1-13-11-8-9(14(2)3)4-7-12(11)15-10-5-6-10/h4,7-8,10,13H,5-6H2,1-3H3. The van der Waals surface area contributed by atoms with Crippen LogP contribution in [0, 0.1) is 0 Å². The molecule has 0 aromatic heterocycles. The zero-order valence-electron chi connectivity index (χ0n) is 9.58. The molecule has 1 aromatic carbocycles. The Hall–Kier alpha value is -1.38. The highest BCUT2D eigenvalue weighted by Gasteiger charge is 2.24. The molecule has 3 nitrogen and oxygen atoms in total. The number of rotatable bonds is 4. The highest BCUT2D eigenvalue weighted by Crippen LogP contribution is 2.34. The summed E-state index contributed by atoms with van der Waals surface area (Å²) in [6, 6.07) is 6.23. The van der Waals surface area contributed by atoms with Crippen LogP contribution in [0.3, 0.4) is 0 Å². The van der Waals surface area contributed by atoms with Crippen LogP contribution in [-0.2, 0) is 0 Å². The van der Waals surface area contributed by atoms with Crippen molar-refractivity contribution in [1.82, 2.24) is 0 Å². The lowest BCUT2D eigenvalue weighted by Crippen LogP contribution is -2.09. The van der Waals surface area contributed by atoms with E-state index in [1.165, 1.54) is 18.5 Å². The van der Waals surface area contributed by atoms with Crippen molar-refractivity contribution in [3.63, 3.8) is 0 Å². The lowest BCUT2D eigenvalue weighted by Gasteiger charge is -2.16. The number of ether oxygens (including phenoxy) is 1. The van der Waals surface area contributed by atoms with Crippen molar-refractivity contribution in [2.45, 2.75) is 18.9 Å². The molecule has 0 saturated heterocycles. The minimum atomic E-state index is 0.447. The van der Waals surface area contributed by atoms with Gasteiger partial charge in [-0.1, -0.05) is 0 Å². The summed E-state index contributed by atoms with van der Waals surface area (Å²) in [5.74, 6) is 0.964. The predicted octanol–water partition coefficient (Wildman–Crippen LogP) is 2.34. The molecule has 1 N–H and O–H groups in total. The topological polar surface area (TPSA) is 24.5 Å². The first kappa shape index (κ1) is 10.1. The van der Waals surface area contributed by atoms with Crippen molar-refractivity contribution >= 4 is 11.4 Å². The Labute approximate surface area is 91.0 Å². The fourth-order valence-corrected chi connectivity index (χ4v) is 1.46. The molecule has 0 aliphatic heterocycles. The number of nitrogens with zero attached hydrogens (tertiary/aromatic N) is 1. The highest BCUT2D eigenvalue weighted by molar-refractivity contribution is 5.65. The smallest absolute Gasteiger partial charge is 0.142 e. The summed E-state index contributed by atoms with van der Waals surface area (Å²) in [6.45, 7) is 0. The van der Waals surface area contributed by atoms with Gasteiger partial charge in [-0.2, -0.15) is 0 Å². The Morgan fingerprint density at radius 2 is 2.07 bits per heavy atom. The Morgan fingerprint density at radius 3 is 2.60 bits per heavy atom. The zero-order chi connectivity index (χ0) is 10.8. The van der Waals surface area contributed by atoms with E-state index in [4.69, 9.17) is 4.74 Å². The molecule has 3 heteroatoms. The first-order valence-electron chi connectivity index (χ1n) is 5.36. The maximum atomic E-state index is 5.80. The van der Waals surface area contributed by atoms with Gasteiger partial charge in [-0.25, -0.2) is 0 Å². The molecule has 0 amide bonds. The number of anilines is 2. The molecule has 1 aromatic rings. The third kappa shape index (κ3) is 2.35. The first-order valence-corrected chi connectivity index (χ1v) is 5.36. The largest absolute Gasteiger partial charge is 0.488 e. The second-order valence-corrected chi connectivity index (χ2v) is 4.14. The summed E-state index contributed by atoms with van der Waals surface area (Å²) in [4.78, 5) is 2.09. The van der Waals surface area contributed by atoms with Gasteiger partial charge in [0.25, 0.3) is 0 Å². The van der Waals surface area contributed by atoms with E-state index in [9.17, 15) is 0 Å². The van der Waals surface area contributed by atoms with Gasteiger partial charge < -0.3 is 15.0 Å². The quantitative estimate of drug-likeness (QED) is 0.818. The van der Waals surface area contributed by atoms with Crippen molar-refractivity contribution < 1.29 is 4.74 Å². The summed E-state index contributed by atoms with van der Waals surface area (Å²) in [5, 5.41) is 3.17. The van der Waals surface area contributed by atoms with Gasteiger partial charge in [-0.05, 0) is 31.0 Å². The van der Waals surface area contributed by atoms with Crippen molar-refractivity contribution in [3.8, 4) is 5.75 Å². The van der Waals surface area contributed by atoms with Crippen LogP contribution in [0.4, 0.5) is 11.4 Å². The van der Waals surface area contributed by atoms with Gasteiger partial charge in [0.15, 0.2) is 0 Å². The molecule has 2 rings (SSSR count). The Balaban J connectivity index is 2.21. The molecule has 1 aliphatic carbocycles. The molecule has 0 spiro atoms. The van der Waals surface area contributed by atoms with Crippen LogP contribution in [0.1, 0.15) is 12.8 Å². The zero-order valence-corrected chi connectivity index (χ0v) is 9.58. The average Bonchev–Trinajstić information content (AvgIpc) is 3.02. The van der Waals surface area contributed by atoms with Crippen LogP contribution in [-0.4, -0.2) is 27.2 Å². The molecule has 0 bridgehead atoms. The lowest BCUT2D eigenvalue weighted by molar-refractivity contribution is 0.305. The minimum Gasteiger partial charge on any atom is -0.488 e. The van der Waals surface area contributed by atoms with Gasteiger partial charge in [-0.15, -0.1) is 0 Å². The van der Waals surface area contributed by atoms with E-state index in [1.54, 1.807) is 0 Å². The van der Waals surface area contributed by atoms with Gasteiger partial charge in [0, 0.05) is 26.8 Å². The van der Waals surface area contributed by atoms with Crippen LogP contribution in [0.15, 0.2) is 18.2 Å². The van der Waals surface area contributed by atoms with E-state index in [2.05, 4.69) is 22.3 Å². The van der Waals surface area contributed by atoms with Crippen LogP contribution in [0.2, 0.25) is 0 Å². The highest BCUT2D eigenvalue weighted by atomic mass is 16.5. The van der Waals surface area contributed by atoms with Gasteiger partial charge in [0.1, 0.15) is 5.75 Å². The summed E-state index contributed by atoms with van der Waals surface area (Å²) < 4.78 is 5.80. The second kappa shape index (κ2) is 4.01. The van der Waals surface area contributed by atoms with Gasteiger partial charge in [0.2, 0.25) is 0 Å². The maximum absolute atomic E-state index is 5.80. The first-order chi connectivity index (χ1) is 7.20. The molecule has 1 aliphatic rings. The molecule has 82 valence electrons. The molecule has 0 heterocycles. The Bertz CT molecular complexity index is 345. The summed E-state index contributed by atoms with van der Waals surface area (Å²) in [7, 11) is 6.00. The monoisotopic (exact) mass is 206 g/mol. The van der Waals surface area contributed by atoms with Gasteiger partial charge in [0.05, 0.1) is 11.8 Å². The molecule has 1 saturated carbocycles. The Morgan fingerprint density at radius 1 is 1.33 bits per heavy atom. The number of hydrogen-bond acceptors (Lipinski definition) is 3. The van der Waals surface area contributed by atoms with Crippen LogP contribution in [0.5, 0.6) is 5.75 Å². The third-order valence-corrected chi connectivity index (χ3v) is 2.57. The van der Waals surface area contributed by atoms with E-state index in [-0.39, 0.29) is 0 Å². The average molecular weight is 206 g/mol. The number of nitrogens with one attached hydrogen (secondary N) is 1. The summed E-state index contributed by atoms with van der Waals surface area (Å²) in [5.41, 5.74) is 2.25. The van der Waals surface area contributed by atoms with E-state index in [0.717, 1.165) is 11.4 Å². The normalized spacial score (nSPS) is 14.9. The number of benzene rings is 1. The van der Waals surface area contributed by atoms with E-state index >= 15 is 0 Å². The van der Waals surface area contributed by atoms with Crippen LogP contribution < -0.4 is 15.0 Å². The molecule has 1 fully saturated rings.